The van der Waals surface area contributed by atoms with Gasteiger partial charge in [0.1, 0.15) is 12.6 Å². The van der Waals surface area contributed by atoms with Crippen molar-refractivity contribution in [2.45, 2.75) is 32.9 Å². The molecule has 0 aliphatic carbocycles. The predicted octanol–water partition coefficient (Wildman–Crippen LogP) is 4.86. The number of hydrogen-bond donors (Lipinski definition) is 1. The first-order valence-electron chi connectivity index (χ1n) is 11.5. The average molecular weight is 551 g/mol. The van der Waals surface area contributed by atoms with E-state index in [4.69, 9.17) is 23.2 Å². The Balaban J connectivity index is 2.00. The molecule has 3 aromatic carbocycles. The molecule has 2 amide bonds. The fourth-order valence-electron chi connectivity index (χ4n) is 3.83. The normalized spacial score (nSPS) is 12.2. The Morgan fingerprint density at radius 2 is 1.72 bits per heavy atom. The molecule has 3 aromatic rings. The number of halogens is 2. The molecule has 0 radical (unpaired) electrons. The van der Waals surface area contributed by atoms with Crippen molar-refractivity contribution in [3.8, 4) is 0 Å². The van der Waals surface area contributed by atoms with Crippen LogP contribution in [0.2, 0.25) is 10.0 Å². The highest BCUT2D eigenvalue weighted by Gasteiger charge is 2.31. The second-order valence-electron chi connectivity index (χ2n) is 8.49. The first-order chi connectivity index (χ1) is 17.0. The fourth-order valence-corrected chi connectivity index (χ4v) is 5.16. The molecular formula is C26H29Cl2N3O4S. The molecule has 1 atom stereocenters. The number of anilines is 1. The largest absolute Gasteiger partial charge is 0.354 e. The van der Waals surface area contributed by atoms with E-state index in [1.165, 1.54) is 4.90 Å². The molecule has 192 valence electrons. The van der Waals surface area contributed by atoms with Crippen LogP contribution in [-0.2, 0) is 26.2 Å². The van der Waals surface area contributed by atoms with Gasteiger partial charge < -0.3 is 10.2 Å². The van der Waals surface area contributed by atoms with Crippen LogP contribution in [0.3, 0.4) is 0 Å². The van der Waals surface area contributed by atoms with E-state index in [9.17, 15) is 18.0 Å². The minimum Gasteiger partial charge on any atom is -0.354 e. The predicted molar refractivity (Wildman–Crippen MR) is 146 cm³/mol. The minimum atomic E-state index is -3.84. The van der Waals surface area contributed by atoms with Gasteiger partial charge in [-0.1, -0.05) is 72.6 Å². The van der Waals surface area contributed by atoms with Gasteiger partial charge in [0.2, 0.25) is 21.8 Å². The van der Waals surface area contributed by atoms with Crippen molar-refractivity contribution in [3.05, 3.63) is 76.3 Å². The van der Waals surface area contributed by atoms with Crippen LogP contribution in [0.25, 0.3) is 10.8 Å². The number of nitrogens with zero attached hydrogens (tertiary/aromatic N) is 2. The van der Waals surface area contributed by atoms with Crippen LogP contribution in [-0.4, -0.2) is 50.5 Å². The van der Waals surface area contributed by atoms with E-state index < -0.39 is 28.5 Å². The smallest absolute Gasteiger partial charge is 0.244 e. The summed E-state index contributed by atoms with van der Waals surface area (Å²) in [6, 6.07) is 16.6. The summed E-state index contributed by atoms with van der Waals surface area (Å²) >= 11 is 12.4. The van der Waals surface area contributed by atoms with Gasteiger partial charge >= 0.3 is 0 Å². The Morgan fingerprint density at radius 3 is 2.39 bits per heavy atom. The van der Waals surface area contributed by atoms with Gasteiger partial charge in [0.05, 0.1) is 11.9 Å². The molecule has 0 fully saturated rings. The number of benzene rings is 3. The van der Waals surface area contributed by atoms with E-state index in [2.05, 4.69) is 5.32 Å². The molecule has 36 heavy (non-hydrogen) atoms. The molecule has 0 aliphatic heterocycles. The summed E-state index contributed by atoms with van der Waals surface area (Å²) in [7, 11) is -3.84. The number of carbonyl (C=O) groups excluding carboxylic acids is 2. The zero-order chi connectivity index (χ0) is 26.5. The number of nitrogens with one attached hydrogen (secondary N) is 1. The van der Waals surface area contributed by atoms with Crippen LogP contribution in [0.1, 0.15) is 25.8 Å². The standard InChI is InChI=1S/C26H29Cl2N3O4S/c1-4-14-29-26(33)18(2)30(16-20-12-13-21(27)15-23(20)28)25(32)17-31(36(3,34)35)24-11-7-9-19-8-5-6-10-22(19)24/h5-13,15,18H,4,14,16-17H2,1-3H3,(H,29,33). The van der Waals surface area contributed by atoms with Gasteiger partial charge in [0.15, 0.2) is 0 Å². The van der Waals surface area contributed by atoms with Crippen LogP contribution in [0.5, 0.6) is 0 Å². The maximum absolute atomic E-state index is 13.7. The fraction of sp³-hybridized carbons (Fsp3) is 0.308. The lowest BCUT2D eigenvalue weighted by Crippen LogP contribution is -2.51. The Labute approximate surface area is 222 Å². The Bertz CT molecular complexity index is 1360. The van der Waals surface area contributed by atoms with E-state index in [0.29, 0.717) is 33.2 Å². The van der Waals surface area contributed by atoms with Gasteiger partial charge in [0.25, 0.3) is 0 Å². The Kier molecular flexibility index (Phi) is 9.22. The summed E-state index contributed by atoms with van der Waals surface area (Å²) in [5, 5.41) is 5.11. The number of rotatable bonds is 10. The minimum absolute atomic E-state index is 0.00267. The third-order valence-corrected chi connectivity index (χ3v) is 7.50. The van der Waals surface area contributed by atoms with Crippen LogP contribution >= 0.6 is 23.2 Å². The molecule has 10 heteroatoms. The number of carbonyl (C=O) groups is 2. The second kappa shape index (κ2) is 12.0. The zero-order valence-electron chi connectivity index (χ0n) is 20.4. The van der Waals surface area contributed by atoms with Gasteiger partial charge in [-0.25, -0.2) is 8.42 Å². The molecule has 0 spiro atoms. The lowest BCUT2D eigenvalue weighted by atomic mass is 10.1. The number of fused-ring (bicyclic) bond motifs is 1. The summed E-state index contributed by atoms with van der Waals surface area (Å²) in [6.07, 6.45) is 1.79. The molecule has 0 aliphatic rings. The molecule has 0 saturated carbocycles. The highest BCUT2D eigenvalue weighted by molar-refractivity contribution is 7.92. The topological polar surface area (TPSA) is 86.8 Å². The molecule has 1 N–H and O–H groups in total. The van der Waals surface area contributed by atoms with E-state index >= 15 is 0 Å². The van der Waals surface area contributed by atoms with Gasteiger partial charge in [-0.05, 0) is 42.5 Å². The Morgan fingerprint density at radius 1 is 1.03 bits per heavy atom. The summed E-state index contributed by atoms with van der Waals surface area (Å²) in [5.74, 6) is -0.884. The van der Waals surface area contributed by atoms with E-state index in [-0.39, 0.29) is 12.5 Å². The van der Waals surface area contributed by atoms with Crippen molar-refractivity contribution in [1.29, 1.82) is 0 Å². The molecule has 0 saturated heterocycles. The molecule has 0 aromatic heterocycles. The zero-order valence-corrected chi connectivity index (χ0v) is 22.7. The first-order valence-corrected chi connectivity index (χ1v) is 14.1. The molecule has 7 nitrogen and oxygen atoms in total. The molecule has 0 heterocycles. The van der Waals surface area contributed by atoms with E-state index in [1.54, 1.807) is 43.3 Å². The monoisotopic (exact) mass is 549 g/mol. The highest BCUT2D eigenvalue weighted by Crippen LogP contribution is 2.29. The second-order valence-corrected chi connectivity index (χ2v) is 11.2. The summed E-state index contributed by atoms with van der Waals surface area (Å²) in [5.41, 5.74) is 0.970. The first kappa shape index (κ1) is 27.8. The summed E-state index contributed by atoms with van der Waals surface area (Å²) in [4.78, 5) is 27.8. The van der Waals surface area contributed by atoms with Gasteiger partial charge in [0, 0.05) is 28.5 Å². The maximum Gasteiger partial charge on any atom is 0.244 e. The van der Waals surface area contributed by atoms with Crippen LogP contribution < -0.4 is 9.62 Å². The summed E-state index contributed by atoms with van der Waals surface area (Å²) in [6.45, 7) is 3.51. The van der Waals surface area contributed by atoms with Crippen molar-refractivity contribution in [1.82, 2.24) is 10.2 Å². The van der Waals surface area contributed by atoms with Crippen LogP contribution in [0.15, 0.2) is 60.7 Å². The quantitative estimate of drug-likeness (QED) is 0.391. The number of sulfonamides is 1. The molecule has 3 rings (SSSR count). The number of amides is 2. The van der Waals surface area contributed by atoms with Crippen molar-refractivity contribution < 1.29 is 18.0 Å². The van der Waals surface area contributed by atoms with Gasteiger partial charge in [-0.2, -0.15) is 0 Å². The van der Waals surface area contributed by atoms with Crippen LogP contribution in [0.4, 0.5) is 5.69 Å². The Hall–Kier alpha value is -2.81. The van der Waals surface area contributed by atoms with Crippen molar-refractivity contribution in [2.24, 2.45) is 0 Å². The lowest BCUT2D eigenvalue weighted by molar-refractivity contribution is -0.139. The average Bonchev–Trinajstić information content (AvgIpc) is 2.84. The maximum atomic E-state index is 13.7. The van der Waals surface area contributed by atoms with Gasteiger partial charge in [-0.3, -0.25) is 13.9 Å². The summed E-state index contributed by atoms with van der Waals surface area (Å²) < 4.78 is 26.8. The van der Waals surface area contributed by atoms with E-state index in [0.717, 1.165) is 22.4 Å². The molecular weight excluding hydrogens is 521 g/mol. The van der Waals surface area contributed by atoms with Crippen LogP contribution in [0, 0.1) is 0 Å². The van der Waals surface area contributed by atoms with Crippen molar-refractivity contribution in [2.75, 3.05) is 23.7 Å². The molecule has 1 unspecified atom stereocenters. The third kappa shape index (κ3) is 6.69. The van der Waals surface area contributed by atoms with Gasteiger partial charge in [-0.15, -0.1) is 0 Å². The van der Waals surface area contributed by atoms with E-state index in [1.807, 2.05) is 31.2 Å². The molecule has 0 bridgehead atoms. The van der Waals surface area contributed by atoms with Crippen molar-refractivity contribution in [3.63, 3.8) is 0 Å². The third-order valence-electron chi connectivity index (χ3n) is 5.79. The number of hydrogen-bond acceptors (Lipinski definition) is 4. The highest BCUT2D eigenvalue weighted by atomic mass is 35.5. The van der Waals surface area contributed by atoms with Crippen molar-refractivity contribution >= 4 is 61.5 Å². The lowest BCUT2D eigenvalue weighted by Gasteiger charge is -2.32. The SMILES string of the molecule is CCCNC(=O)C(C)N(Cc1ccc(Cl)cc1Cl)C(=O)CN(c1cccc2ccccc12)S(C)(=O)=O.